The Bertz CT molecular complexity index is 1020. The number of aliphatic hydroxyl groups is 1. The summed E-state index contributed by atoms with van der Waals surface area (Å²) in [5.41, 5.74) is 2.47. The third kappa shape index (κ3) is 4.52. The second kappa shape index (κ2) is 8.53. The zero-order valence-electron chi connectivity index (χ0n) is 17.1. The average Bonchev–Trinajstić information content (AvgIpc) is 3.51. The van der Waals surface area contributed by atoms with E-state index in [1.807, 2.05) is 30.3 Å². The lowest BCUT2D eigenvalue weighted by molar-refractivity contribution is 0.117. The van der Waals surface area contributed by atoms with Gasteiger partial charge in [0.25, 0.3) is 0 Å². The summed E-state index contributed by atoms with van der Waals surface area (Å²) in [6.07, 6.45) is 1.69. The van der Waals surface area contributed by atoms with Crippen molar-refractivity contribution in [1.82, 2.24) is 14.7 Å². The van der Waals surface area contributed by atoms with Crippen LogP contribution in [0.1, 0.15) is 25.3 Å². The summed E-state index contributed by atoms with van der Waals surface area (Å²) in [5, 5.41) is 14.6. The maximum Gasteiger partial charge on any atom is 0.222 e. The fourth-order valence-corrected chi connectivity index (χ4v) is 3.64. The van der Waals surface area contributed by atoms with Crippen molar-refractivity contribution in [2.24, 2.45) is 7.05 Å². The van der Waals surface area contributed by atoms with Crippen molar-refractivity contribution in [2.45, 2.75) is 38.5 Å². The van der Waals surface area contributed by atoms with Gasteiger partial charge in [-0.05, 0) is 31.9 Å². The lowest BCUT2D eigenvalue weighted by atomic mass is 10.1. The Morgan fingerprint density at radius 3 is 2.57 bits per heavy atom. The van der Waals surface area contributed by atoms with Crippen LogP contribution in [0.15, 0.2) is 48.5 Å². The topological polar surface area (TPSA) is 50.5 Å². The van der Waals surface area contributed by atoms with Crippen molar-refractivity contribution in [2.75, 3.05) is 6.54 Å². The molecular weight excluding hydrogens is 388 g/mol. The fourth-order valence-electron chi connectivity index (χ4n) is 3.64. The van der Waals surface area contributed by atoms with E-state index in [1.54, 1.807) is 18.7 Å². The molecule has 1 fully saturated rings. The number of ether oxygens (including phenoxy) is 1. The third-order valence-electron chi connectivity index (χ3n) is 5.16. The van der Waals surface area contributed by atoms with Crippen molar-refractivity contribution in [3.8, 4) is 22.9 Å². The largest absolute Gasteiger partial charge is 0.436 e. The predicted molar refractivity (Wildman–Crippen MR) is 110 cm³/mol. The SMILES string of the molecule is CC(O)CN(Cc1c(-c2ccccc2)nn(C)c1Oc1ccc(F)cc1F)C1CC1. The van der Waals surface area contributed by atoms with Gasteiger partial charge in [-0.3, -0.25) is 4.90 Å². The first kappa shape index (κ1) is 20.5. The number of aryl methyl sites for hydroxylation is 1. The Hall–Kier alpha value is -2.77. The highest BCUT2D eigenvalue weighted by molar-refractivity contribution is 5.65. The molecule has 0 amide bonds. The summed E-state index contributed by atoms with van der Waals surface area (Å²) in [6, 6.07) is 13.4. The summed E-state index contributed by atoms with van der Waals surface area (Å²) >= 11 is 0. The van der Waals surface area contributed by atoms with Crippen molar-refractivity contribution in [1.29, 1.82) is 0 Å². The van der Waals surface area contributed by atoms with Gasteiger partial charge in [0.2, 0.25) is 5.88 Å². The van der Waals surface area contributed by atoms with Crippen LogP contribution in [0.3, 0.4) is 0 Å². The lowest BCUT2D eigenvalue weighted by Gasteiger charge is -2.24. The van der Waals surface area contributed by atoms with Gasteiger partial charge >= 0.3 is 0 Å². The van der Waals surface area contributed by atoms with Crippen LogP contribution in [0.4, 0.5) is 8.78 Å². The summed E-state index contributed by atoms with van der Waals surface area (Å²) < 4.78 is 35.1. The molecule has 5 nitrogen and oxygen atoms in total. The van der Waals surface area contributed by atoms with Crippen LogP contribution in [-0.2, 0) is 13.6 Å². The molecule has 3 aromatic rings. The first-order valence-electron chi connectivity index (χ1n) is 10.1. The summed E-state index contributed by atoms with van der Waals surface area (Å²) in [5.74, 6) is -1.09. The number of rotatable bonds is 8. The molecule has 0 spiro atoms. The first-order valence-corrected chi connectivity index (χ1v) is 10.1. The summed E-state index contributed by atoms with van der Waals surface area (Å²) in [4.78, 5) is 2.21. The second-order valence-corrected chi connectivity index (χ2v) is 7.81. The lowest BCUT2D eigenvalue weighted by Crippen LogP contribution is -2.32. The van der Waals surface area contributed by atoms with E-state index >= 15 is 0 Å². The number of benzene rings is 2. The normalized spacial score (nSPS) is 14.9. The second-order valence-electron chi connectivity index (χ2n) is 7.81. The van der Waals surface area contributed by atoms with Gasteiger partial charge in [-0.1, -0.05) is 30.3 Å². The van der Waals surface area contributed by atoms with Crippen molar-refractivity contribution in [3.05, 3.63) is 65.7 Å². The van der Waals surface area contributed by atoms with Crippen molar-refractivity contribution in [3.63, 3.8) is 0 Å². The van der Waals surface area contributed by atoms with Crippen LogP contribution in [0.25, 0.3) is 11.3 Å². The molecule has 1 unspecified atom stereocenters. The van der Waals surface area contributed by atoms with Crippen LogP contribution in [0.5, 0.6) is 11.6 Å². The molecule has 158 valence electrons. The van der Waals surface area contributed by atoms with E-state index in [9.17, 15) is 13.9 Å². The molecule has 1 aliphatic rings. The number of hydrogen-bond donors (Lipinski definition) is 1. The van der Waals surface area contributed by atoms with E-state index in [1.165, 1.54) is 6.07 Å². The Morgan fingerprint density at radius 1 is 1.20 bits per heavy atom. The van der Waals surface area contributed by atoms with Crippen LogP contribution in [0, 0.1) is 11.6 Å². The number of aromatic nitrogens is 2. The Kier molecular flexibility index (Phi) is 5.83. The Labute approximate surface area is 174 Å². The number of aliphatic hydroxyl groups excluding tert-OH is 1. The molecule has 4 rings (SSSR count). The Balaban J connectivity index is 1.75. The number of nitrogens with zero attached hydrogens (tertiary/aromatic N) is 3. The van der Waals surface area contributed by atoms with E-state index in [0.717, 1.165) is 41.8 Å². The predicted octanol–water partition coefficient (Wildman–Crippen LogP) is 4.50. The van der Waals surface area contributed by atoms with Crippen LogP contribution in [0.2, 0.25) is 0 Å². The zero-order chi connectivity index (χ0) is 21.3. The molecule has 1 heterocycles. The van der Waals surface area contributed by atoms with Crippen molar-refractivity contribution < 1.29 is 18.6 Å². The van der Waals surface area contributed by atoms with E-state index in [-0.39, 0.29) is 5.75 Å². The molecule has 1 saturated carbocycles. The standard InChI is InChI=1S/C23H25F2N3O2/c1-15(29)13-28(18-9-10-18)14-19-22(16-6-4-3-5-7-16)26-27(2)23(19)30-21-11-8-17(24)12-20(21)25/h3-8,11-12,15,18,29H,9-10,13-14H2,1-2H3. The smallest absolute Gasteiger partial charge is 0.222 e. The van der Waals surface area contributed by atoms with Gasteiger partial charge in [0.05, 0.1) is 11.7 Å². The van der Waals surface area contributed by atoms with Crippen LogP contribution in [-0.4, -0.2) is 38.5 Å². The first-order chi connectivity index (χ1) is 14.4. The highest BCUT2D eigenvalue weighted by Gasteiger charge is 2.32. The molecule has 0 bridgehead atoms. The molecule has 30 heavy (non-hydrogen) atoms. The third-order valence-corrected chi connectivity index (χ3v) is 5.16. The zero-order valence-corrected chi connectivity index (χ0v) is 17.1. The molecule has 0 radical (unpaired) electrons. The molecule has 1 N–H and O–H groups in total. The van der Waals surface area contributed by atoms with E-state index in [0.29, 0.717) is 25.0 Å². The minimum Gasteiger partial charge on any atom is -0.436 e. The van der Waals surface area contributed by atoms with Crippen LogP contribution >= 0.6 is 0 Å². The van der Waals surface area contributed by atoms with Gasteiger partial charge in [-0.25, -0.2) is 13.5 Å². The van der Waals surface area contributed by atoms with Gasteiger partial charge in [0.1, 0.15) is 11.5 Å². The van der Waals surface area contributed by atoms with E-state index in [2.05, 4.69) is 10.00 Å². The maximum absolute atomic E-state index is 14.3. The molecule has 2 aromatic carbocycles. The van der Waals surface area contributed by atoms with Gasteiger partial charge in [-0.15, -0.1) is 0 Å². The van der Waals surface area contributed by atoms with Gasteiger partial charge in [-0.2, -0.15) is 5.10 Å². The summed E-state index contributed by atoms with van der Waals surface area (Å²) in [6.45, 7) is 2.80. The minimum absolute atomic E-state index is 0.0613. The molecule has 0 saturated heterocycles. The van der Waals surface area contributed by atoms with Gasteiger partial charge in [0, 0.05) is 37.8 Å². The molecule has 0 aliphatic heterocycles. The summed E-state index contributed by atoms with van der Waals surface area (Å²) in [7, 11) is 1.74. The number of hydrogen-bond acceptors (Lipinski definition) is 4. The highest BCUT2D eigenvalue weighted by atomic mass is 19.1. The monoisotopic (exact) mass is 413 g/mol. The highest BCUT2D eigenvalue weighted by Crippen LogP contribution is 2.37. The quantitative estimate of drug-likeness (QED) is 0.591. The number of halogens is 2. The van der Waals surface area contributed by atoms with Gasteiger partial charge < -0.3 is 9.84 Å². The van der Waals surface area contributed by atoms with E-state index < -0.39 is 17.7 Å². The molecule has 1 atom stereocenters. The van der Waals surface area contributed by atoms with Gasteiger partial charge in [0.15, 0.2) is 11.6 Å². The fraction of sp³-hybridized carbons (Fsp3) is 0.348. The van der Waals surface area contributed by atoms with Crippen molar-refractivity contribution >= 4 is 0 Å². The van der Waals surface area contributed by atoms with Crippen LogP contribution < -0.4 is 4.74 Å². The van der Waals surface area contributed by atoms with E-state index in [4.69, 9.17) is 4.74 Å². The molecule has 1 aromatic heterocycles. The Morgan fingerprint density at radius 2 is 1.93 bits per heavy atom. The molecule has 7 heteroatoms. The minimum atomic E-state index is -0.772. The average molecular weight is 413 g/mol. The molecular formula is C23H25F2N3O2. The maximum atomic E-state index is 14.3. The molecule has 1 aliphatic carbocycles.